The van der Waals surface area contributed by atoms with Crippen molar-refractivity contribution in [3.8, 4) is 11.8 Å². The third-order valence-electron chi connectivity index (χ3n) is 0.953. The first-order valence-corrected chi connectivity index (χ1v) is 7.07. The van der Waals surface area contributed by atoms with E-state index in [-0.39, 0.29) is 0 Å². The van der Waals surface area contributed by atoms with Crippen LogP contribution < -0.4 is 0 Å². The second-order valence-corrected chi connectivity index (χ2v) is 7.71. The van der Waals surface area contributed by atoms with Crippen molar-refractivity contribution in [1.82, 2.24) is 0 Å². The quantitative estimate of drug-likeness (QED) is 0.279. The van der Waals surface area contributed by atoms with Gasteiger partial charge in [-0.3, -0.25) is 0 Å². The molecule has 0 N–H and O–H groups in total. The fraction of sp³-hybridized carbons (Fsp3) is 0.625. The average Bonchev–Trinajstić information content (AvgIpc) is 1.96. The average molecular weight is 186 g/mol. The number of carbonyl (C=O) groups is 1. The van der Waals surface area contributed by atoms with E-state index in [2.05, 4.69) is 36.2 Å². The number of carbonyl (C=O) groups excluding carboxylic acids is 1. The van der Waals surface area contributed by atoms with Crippen LogP contribution in [0.2, 0.25) is 19.6 Å². The van der Waals surface area contributed by atoms with Crippen molar-refractivity contribution in [1.29, 1.82) is 0 Å². The highest BCUT2D eigenvalue weighted by Crippen LogP contribution is 2.00. The summed E-state index contributed by atoms with van der Waals surface area (Å²) in [4.78, 5) is 10.5. The minimum atomic E-state index is -1.49. The van der Waals surface area contributed by atoms with Gasteiger partial charge in [-0.2, -0.15) is 0 Å². The van der Waals surface area contributed by atoms with Gasteiger partial charge in [0.05, 0.1) is 13.7 Å². The molecule has 3 nitrogen and oxygen atoms in total. The summed E-state index contributed by atoms with van der Waals surface area (Å²) in [7, 11) is -0.192. The van der Waals surface area contributed by atoms with Crippen molar-refractivity contribution in [2.45, 2.75) is 19.6 Å². The minimum absolute atomic E-state index is 0.310. The molecule has 0 heterocycles. The molecule has 0 saturated carbocycles. The summed E-state index contributed by atoms with van der Waals surface area (Å²) < 4.78 is 9.71. The van der Waals surface area contributed by atoms with Gasteiger partial charge in [-0.1, -0.05) is 5.92 Å². The van der Waals surface area contributed by atoms with E-state index in [1.807, 2.05) is 0 Å². The van der Waals surface area contributed by atoms with E-state index < -0.39 is 14.3 Å². The molecule has 0 unspecified atom stereocenters. The van der Waals surface area contributed by atoms with Gasteiger partial charge in [0.15, 0.2) is 8.32 Å². The minimum Gasteiger partial charge on any atom is -0.459 e. The molecule has 0 aromatic carbocycles. The van der Waals surface area contributed by atoms with Crippen molar-refractivity contribution in [2.75, 3.05) is 13.7 Å². The smallest absolute Gasteiger partial charge is 0.384 e. The molecule has 68 valence electrons. The van der Waals surface area contributed by atoms with Gasteiger partial charge in [0.25, 0.3) is 0 Å². The molecule has 0 bridgehead atoms. The molecule has 0 aromatic rings. The van der Waals surface area contributed by atoms with E-state index >= 15 is 0 Å². The van der Waals surface area contributed by atoms with Crippen molar-refractivity contribution in [3.63, 3.8) is 0 Å². The summed E-state index contributed by atoms with van der Waals surface area (Å²) in [5.74, 6) is 4.35. The largest absolute Gasteiger partial charge is 0.459 e. The Morgan fingerprint density at radius 1 is 1.42 bits per heavy atom. The summed E-state index contributed by atoms with van der Waals surface area (Å²) in [6.07, 6.45) is 0. The monoisotopic (exact) mass is 186 g/mol. The first-order chi connectivity index (χ1) is 5.45. The maximum Gasteiger partial charge on any atom is 0.384 e. The van der Waals surface area contributed by atoms with E-state index in [1.54, 1.807) is 0 Å². The van der Waals surface area contributed by atoms with Crippen molar-refractivity contribution < 1.29 is 14.0 Å². The lowest BCUT2D eigenvalue weighted by Gasteiger charge is -2.13. The Morgan fingerprint density at radius 2 is 2.00 bits per heavy atom. The standard InChI is InChI=1S/C8H14O3Si/c1-10-8(9)6-5-7-11-12(2,3)4/h7H2,1-4H3. The Balaban J connectivity index is 3.67. The summed E-state index contributed by atoms with van der Waals surface area (Å²) >= 11 is 0. The molecule has 0 fully saturated rings. The number of ether oxygens (including phenoxy) is 1. The second-order valence-electron chi connectivity index (χ2n) is 3.19. The third-order valence-corrected chi connectivity index (χ3v) is 1.96. The number of esters is 1. The molecule has 12 heavy (non-hydrogen) atoms. The van der Waals surface area contributed by atoms with E-state index in [9.17, 15) is 4.79 Å². The highest BCUT2D eigenvalue weighted by molar-refractivity contribution is 6.69. The zero-order valence-corrected chi connectivity index (χ0v) is 8.93. The van der Waals surface area contributed by atoms with E-state index in [0.29, 0.717) is 6.61 Å². The van der Waals surface area contributed by atoms with Crippen LogP contribution in [0.25, 0.3) is 0 Å². The molecule has 0 atom stereocenters. The molecule has 0 radical (unpaired) electrons. The van der Waals surface area contributed by atoms with Gasteiger partial charge in [-0.05, 0) is 19.6 Å². The number of hydrogen-bond acceptors (Lipinski definition) is 3. The van der Waals surface area contributed by atoms with Crippen LogP contribution in [0.15, 0.2) is 0 Å². The Labute approximate surface area is 74.2 Å². The molecule has 0 saturated heterocycles. The van der Waals surface area contributed by atoms with Gasteiger partial charge >= 0.3 is 5.97 Å². The molecule has 0 aliphatic rings. The molecule has 0 aliphatic heterocycles. The maximum absolute atomic E-state index is 10.5. The topological polar surface area (TPSA) is 35.5 Å². The van der Waals surface area contributed by atoms with Gasteiger partial charge < -0.3 is 9.16 Å². The van der Waals surface area contributed by atoms with E-state index in [4.69, 9.17) is 4.43 Å². The lowest BCUT2D eigenvalue weighted by atomic mass is 10.6. The Morgan fingerprint density at radius 3 is 2.42 bits per heavy atom. The van der Waals surface area contributed by atoms with Crippen molar-refractivity contribution >= 4 is 14.3 Å². The molecule has 0 aliphatic carbocycles. The SMILES string of the molecule is COC(=O)C#CCO[Si](C)(C)C. The zero-order valence-electron chi connectivity index (χ0n) is 7.93. The van der Waals surface area contributed by atoms with Gasteiger partial charge in [-0.25, -0.2) is 4.79 Å². The summed E-state index contributed by atoms with van der Waals surface area (Å²) in [6, 6.07) is 0. The first-order valence-electron chi connectivity index (χ1n) is 3.66. The van der Waals surface area contributed by atoms with Gasteiger partial charge in [0.2, 0.25) is 0 Å². The van der Waals surface area contributed by atoms with Crippen molar-refractivity contribution in [2.24, 2.45) is 0 Å². The molecule has 0 rings (SSSR count). The number of hydrogen-bond donors (Lipinski definition) is 0. The van der Waals surface area contributed by atoms with Crippen LogP contribution in [0.5, 0.6) is 0 Å². The normalized spacial score (nSPS) is 10.0. The van der Waals surface area contributed by atoms with Crippen LogP contribution in [0, 0.1) is 11.8 Å². The molecule has 0 aromatic heterocycles. The van der Waals surface area contributed by atoms with Gasteiger partial charge in [0.1, 0.15) is 0 Å². The van der Waals surface area contributed by atoms with Crippen molar-refractivity contribution in [3.05, 3.63) is 0 Å². The predicted octanol–water partition coefficient (Wildman–Crippen LogP) is 1.01. The number of rotatable bonds is 2. The molecular formula is C8H14O3Si. The van der Waals surface area contributed by atoms with Gasteiger partial charge in [0, 0.05) is 5.92 Å². The summed E-state index contributed by atoms with van der Waals surface area (Å²) in [5.41, 5.74) is 0. The molecule has 0 amide bonds. The van der Waals surface area contributed by atoms with E-state index in [1.165, 1.54) is 7.11 Å². The van der Waals surface area contributed by atoms with Crippen LogP contribution >= 0.6 is 0 Å². The van der Waals surface area contributed by atoms with Gasteiger partial charge in [-0.15, -0.1) is 0 Å². The van der Waals surface area contributed by atoms with Crippen LogP contribution in [-0.2, 0) is 14.0 Å². The fourth-order valence-corrected chi connectivity index (χ4v) is 0.917. The zero-order chi connectivity index (χ0) is 9.61. The third kappa shape index (κ3) is 7.32. The van der Waals surface area contributed by atoms with E-state index in [0.717, 1.165) is 0 Å². The van der Waals surface area contributed by atoms with Crippen LogP contribution in [0.3, 0.4) is 0 Å². The summed E-state index contributed by atoms with van der Waals surface area (Å²) in [5, 5.41) is 0. The van der Waals surface area contributed by atoms with Crippen LogP contribution in [0.1, 0.15) is 0 Å². The highest BCUT2D eigenvalue weighted by Gasteiger charge is 2.12. The number of methoxy groups -OCH3 is 1. The highest BCUT2D eigenvalue weighted by atomic mass is 28.4. The van der Waals surface area contributed by atoms with Crippen LogP contribution in [-0.4, -0.2) is 28.0 Å². The lowest BCUT2D eigenvalue weighted by molar-refractivity contribution is -0.133. The fourth-order valence-electron chi connectivity index (χ4n) is 0.412. The Hall–Kier alpha value is -0.793. The molecular weight excluding hydrogens is 172 g/mol. The second kappa shape index (κ2) is 4.96. The summed E-state index contributed by atoms with van der Waals surface area (Å²) in [6.45, 7) is 6.50. The lowest BCUT2D eigenvalue weighted by Crippen LogP contribution is -2.25. The predicted molar refractivity (Wildman–Crippen MR) is 49.1 cm³/mol. The first kappa shape index (κ1) is 11.2. The maximum atomic E-state index is 10.5. The Bertz CT molecular complexity index is 207. The van der Waals surface area contributed by atoms with Crippen LogP contribution in [0.4, 0.5) is 0 Å². The Kier molecular flexibility index (Phi) is 4.63. The molecule has 4 heteroatoms. The molecule has 0 spiro atoms.